The van der Waals surface area contributed by atoms with Crippen LogP contribution < -0.4 is 5.56 Å². The lowest BCUT2D eigenvalue weighted by Crippen LogP contribution is -2.49. The van der Waals surface area contributed by atoms with E-state index in [9.17, 15) is 13.2 Å². The van der Waals surface area contributed by atoms with Crippen LogP contribution in [0.4, 0.5) is 0 Å². The minimum atomic E-state index is -3.47. The Morgan fingerprint density at radius 3 is 2.50 bits per heavy atom. The number of aromatic nitrogens is 2. The molecule has 7 nitrogen and oxygen atoms in total. The zero-order valence-electron chi connectivity index (χ0n) is 17.0. The Labute approximate surface area is 179 Å². The summed E-state index contributed by atoms with van der Waals surface area (Å²) >= 11 is 1.54. The SMILES string of the molecule is Cc1sc2ncn(CN3CCN(S(=O)(=O)C=Cc4ccccc4)CC3)c(=O)c2c1C. The molecule has 0 atom stereocenters. The lowest BCUT2D eigenvalue weighted by atomic mass is 10.2. The zero-order chi connectivity index (χ0) is 21.3. The van der Waals surface area contributed by atoms with Crippen molar-refractivity contribution >= 4 is 37.7 Å². The number of hydrogen-bond acceptors (Lipinski definition) is 6. The zero-order valence-corrected chi connectivity index (χ0v) is 18.6. The lowest BCUT2D eigenvalue weighted by Gasteiger charge is -2.33. The number of thiophene rings is 1. The van der Waals surface area contributed by atoms with Gasteiger partial charge in [0.2, 0.25) is 10.0 Å². The number of nitrogens with zero attached hydrogens (tertiary/aromatic N) is 4. The molecule has 1 aliphatic rings. The van der Waals surface area contributed by atoms with Gasteiger partial charge in [-0.2, -0.15) is 4.31 Å². The summed E-state index contributed by atoms with van der Waals surface area (Å²) in [6.45, 7) is 6.26. The number of piperazine rings is 1. The lowest BCUT2D eigenvalue weighted by molar-refractivity contribution is 0.151. The molecular formula is C21H24N4O3S2. The Morgan fingerprint density at radius 2 is 1.80 bits per heavy atom. The Morgan fingerprint density at radius 1 is 1.10 bits per heavy atom. The molecule has 0 N–H and O–H groups in total. The molecule has 0 bridgehead atoms. The van der Waals surface area contributed by atoms with E-state index >= 15 is 0 Å². The maximum atomic E-state index is 12.9. The smallest absolute Gasteiger partial charge is 0.263 e. The molecule has 0 radical (unpaired) electrons. The van der Waals surface area contributed by atoms with Gasteiger partial charge in [0.15, 0.2) is 0 Å². The minimum Gasteiger partial charge on any atom is -0.285 e. The summed E-state index contributed by atoms with van der Waals surface area (Å²) in [7, 11) is -3.47. The molecule has 1 aliphatic heterocycles. The van der Waals surface area contributed by atoms with Gasteiger partial charge in [-0.15, -0.1) is 11.3 Å². The number of fused-ring (bicyclic) bond motifs is 1. The highest BCUT2D eigenvalue weighted by atomic mass is 32.2. The molecule has 0 saturated carbocycles. The highest BCUT2D eigenvalue weighted by Gasteiger charge is 2.25. The van der Waals surface area contributed by atoms with Crippen molar-refractivity contribution in [1.82, 2.24) is 18.8 Å². The summed E-state index contributed by atoms with van der Waals surface area (Å²) in [4.78, 5) is 21.3. The van der Waals surface area contributed by atoms with Crippen LogP contribution in [0.2, 0.25) is 0 Å². The van der Waals surface area contributed by atoms with Crippen LogP contribution in [0, 0.1) is 13.8 Å². The molecule has 30 heavy (non-hydrogen) atoms. The molecule has 3 heterocycles. The maximum absolute atomic E-state index is 12.9. The second-order valence-corrected chi connectivity index (χ2v) is 10.4. The largest absolute Gasteiger partial charge is 0.285 e. The Balaban J connectivity index is 1.42. The van der Waals surface area contributed by atoms with Gasteiger partial charge >= 0.3 is 0 Å². The third kappa shape index (κ3) is 4.24. The van der Waals surface area contributed by atoms with E-state index in [1.165, 1.54) is 21.1 Å². The Hall–Kier alpha value is -2.33. The highest BCUT2D eigenvalue weighted by molar-refractivity contribution is 7.92. The fourth-order valence-corrected chi connectivity index (χ4v) is 5.69. The standard InChI is InChI=1S/C21H24N4O3S2/c1-16-17(2)29-20-19(16)21(26)24(14-22-20)15-23-9-11-25(12-10-23)30(27,28)13-8-18-6-4-3-5-7-18/h3-8,13-14H,9-12,15H2,1-2H3. The average molecular weight is 445 g/mol. The number of hydrogen-bond donors (Lipinski definition) is 0. The van der Waals surface area contributed by atoms with Crippen molar-refractivity contribution in [2.75, 3.05) is 26.2 Å². The van der Waals surface area contributed by atoms with Crippen LogP contribution in [0.25, 0.3) is 16.3 Å². The maximum Gasteiger partial charge on any atom is 0.263 e. The van der Waals surface area contributed by atoms with Crippen LogP contribution in [0.3, 0.4) is 0 Å². The van der Waals surface area contributed by atoms with Crippen molar-refractivity contribution in [2.45, 2.75) is 20.5 Å². The van der Waals surface area contributed by atoms with E-state index in [2.05, 4.69) is 9.88 Å². The van der Waals surface area contributed by atoms with E-state index in [1.54, 1.807) is 17.0 Å². The number of aryl methyl sites for hydroxylation is 2. The topological polar surface area (TPSA) is 75.5 Å². The van der Waals surface area contributed by atoms with E-state index in [0.29, 0.717) is 38.2 Å². The molecule has 1 saturated heterocycles. The number of benzene rings is 1. The van der Waals surface area contributed by atoms with Gasteiger partial charge in [0.1, 0.15) is 11.2 Å². The van der Waals surface area contributed by atoms with Crippen molar-refractivity contribution < 1.29 is 8.42 Å². The van der Waals surface area contributed by atoms with Crippen molar-refractivity contribution in [3.05, 3.63) is 68.4 Å². The monoisotopic (exact) mass is 444 g/mol. The van der Waals surface area contributed by atoms with Crippen molar-refractivity contribution in [1.29, 1.82) is 0 Å². The van der Waals surface area contributed by atoms with Crippen LogP contribution in [0.15, 0.2) is 46.9 Å². The third-order valence-corrected chi connectivity index (χ3v) is 8.11. The van der Waals surface area contributed by atoms with Crippen LogP contribution in [0.1, 0.15) is 16.0 Å². The van der Waals surface area contributed by atoms with Gasteiger partial charge in [-0.05, 0) is 31.1 Å². The van der Waals surface area contributed by atoms with E-state index < -0.39 is 10.0 Å². The van der Waals surface area contributed by atoms with Crippen LogP contribution in [0.5, 0.6) is 0 Å². The summed E-state index contributed by atoms with van der Waals surface area (Å²) < 4.78 is 28.3. The second-order valence-electron chi connectivity index (χ2n) is 7.40. The predicted octanol–water partition coefficient (Wildman–Crippen LogP) is 2.65. The number of rotatable bonds is 5. The summed E-state index contributed by atoms with van der Waals surface area (Å²) in [5.74, 6) is 0. The molecule has 1 fully saturated rings. The van der Waals surface area contributed by atoms with Crippen LogP contribution in [-0.4, -0.2) is 53.4 Å². The number of sulfonamides is 1. The van der Waals surface area contributed by atoms with Gasteiger partial charge in [0.25, 0.3) is 5.56 Å². The van der Waals surface area contributed by atoms with Gasteiger partial charge in [-0.1, -0.05) is 30.3 Å². The Kier molecular flexibility index (Phi) is 5.88. The van der Waals surface area contributed by atoms with E-state index in [4.69, 9.17) is 0 Å². The Bertz CT molecular complexity index is 1240. The van der Waals surface area contributed by atoms with Crippen molar-refractivity contribution in [3.63, 3.8) is 0 Å². The van der Waals surface area contributed by atoms with Crippen molar-refractivity contribution in [2.24, 2.45) is 0 Å². The molecular weight excluding hydrogens is 420 g/mol. The minimum absolute atomic E-state index is 0.0392. The summed E-state index contributed by atoms with van der Waals surface area (Å²) in [5.41, 5.74) is 1.80. The molecule has 158 valence electrons. The van der Waals surface area contributed by atoms with Crippen molar-refractivity contribution in [3.8, 4) is 0 Å². The van der Waals surface area contributed by atoms with Gasteiger partial charge in [0.05, 0.1) is 12.1 Å². The first kappa shape index (κ1) is 20.9. The highest BCUT2D eigenvalue weighted by Crippen LogP contribution is 2.25. The molecule has 1 aromatic carbocycles. The average Bonchev–Trinajstić information content (AvgIpc) is 3.04. The summed E-state index contributed by atoms with van der Waals surface area (Å²) in [6.07, 6.45) is 3.21. The first-order valence-electron chi connectivity index (χ1n) is 9.76. The molecule has 2 aromatic heterocycles. The fourth-order valence-electron chi connectivity index (χ4n) is 3.53. The van der Waals surface area contributed by atoms with E-state index in [1.807, 2.05) is 44.2 Å². The molecule has 0 aliphatic carbocycles. The first-order valence-corrected chi connectivity index (χ1v) is 12.1. The molecule has 0 unspecified atom stereocenters. The third-order valence-electron chi connectivity index (χ3n) is 5.43. The summed E-state index contributed by atoms with van der Waals surface area (Å²) in [5, 5.41) is 1.95. The van der Waals surface area contributed by atoms with Gasteiger partial charge < -0.3 is 0 Å². The van der Waals surface area contributed by atoms with Crippen LogP contribution in [-0.2, 0) is 16.7 Å². The molecule has 3 aromatic rings. The van der Waals surface area contributed by atoms with E-state index in [-0.39, 0.29) is 5.56 Å². The van der Waals surface area contributed by atoms with Gasteiger partial charge in [-0.3, -0.25) is 14.3 Å². The van der Waals surface area contributed by atoms with Gasteiger partial charge in [0, 0.05) is 36.5 Å². The quantitative estimate of drug-likeness (QED) is 0.605. The predicted molar refractivity (Wildman–Crippen MR) is 121 cm³/mol. The normalized spacial score (nSPS) is 16.6. The molecule has 0 amide bonds. The summed E-state index contributed by atoms with van der Waals surface area (Å²) in [6, 6.07) is 9.37. The molecule has 9 heteroatoms. The fraction of sp³-hybridized carbons (Fsp3) is 0.333. The van der Waals surface area contributed by atoms with Gasteiger partial charge in [-0.25, -0.2) is 13.4 Å². The van der Waals surface area contributed by atoms with Crippen LogP contribution >= 0.6 is 11.3 Å². The molecule has 0 spiro atoms. The molecule has 4 rings (SSSR count). The first-order chi connectivity index (χ1) is 14.3. The van der Waals surface area contributed by atoms with E-state index in [0.717, 1.165) is 20.8 Å². The second kappa shape index (κ2) is 8.43.